The zero-order chi connectivity index (χ0) is 23.2. The van der Waals surface area contributed by atoms with E-state index >= 15 is 0 Å². The number of carboxylic acids is 1. The first kappa shape index (κ1) is 23.9. The molecule has 0 aliphatic heterocycles. The van der Waals surface area contributed by atoms with E-state index in [1.807, 2.05) is 0 Å². The number of benzene rings is 2. The Kier molecular flexibility index (Phi) is 7.78. The Balaban J connectivity index is 2.43. The fourth-order valence-electron chi connectivity index (χ4n) is 2.31. The van der Waals surface area contributed by atoms with Crippen molar-refractivity contribution in [1.82, 2.24) is 0 Å². The van der Waals surface area contributed by atoms with Crippen LogP contribution in [0.1, 0.15) is 11.1 Å². The number of nitro groups is 1. The summed E-state index contributed by atoms with van der Waals surface area (Å²) in [7, 11) is 1.28. The summed E-state index contributed by atoms with van der Waals surface area (Å²) in [5, 5.41) is 23.3. The minimum Gasteiger partial charge on any atom is -0.479 e. The second kappa shape index (κ2) is 10.1. The molecule has 0 aliphatic rings. The standard InChI is InChI=1S/C18H14ClF3N2O7/c1-29-8-14(23-30-9-17(25)26)12-7-11(3-4-15(12)24(27)28)31-16-5-2-10(6-13(16)19)18(20,21)22/h2-7H,8-9H2,1H3,(H,25,26). The number of nitrogens with zero attached hydrogens (tertiary/aromatic N) is 2. The average molecular weight is 463 g/mol. The highest BCUT2D eigenvalue weighted by Crippen LogP contribution is 2.37. The van der Waals surface area contributed by atoms with E-state index in [-0.39, 0.29) is 34.4 Å². The van der Waals surface area contributed by atoms with Gasteiger partial charge in [0.15, 0.2) is 0 Å². The van der Waals surface area contributed by atoms with Gasteiger partial charge >= 0.3 is 12.1 Å². The molecule has 0 unspecified atom stereocenters. The van der Waals surface area contributed by atoms with Crippen molar-refractivity contribution in [3.63, 3.8) is 0 Å². The minimum absolute atomic E-state index is 0.00991. The van der Waals surface area contributed by atoms with E-state index < -0.39 is 34.9 Å². The molecule has 166 valence electrons. The van der Waals surface area contributed by atoms with Gasteiger partial charge in [0.05, 0.1) is 27.7 Å². The van der Waals surface area contributed by atoms with Gasteiger partial charge in [-0.15, -0.1) is 0 Å². The summed E-state index contributed by atoms with van der Waals surface area (Å²) in [6.45, 7) is -1.07. The number of aliphatic carboxylic acids is 1. The van der Waals surface area contributed by atoms with Gasteiger partial charge < -0.3 is 19.4 Å². The van der Waals surface area contributed by atoms with Gasteiger partial charge in [-0.05, 0) is 30.3 Å². The van der Waals surface area contributed by atoms with Crippen LogP contribution in [0, 0.1) is 10.1 Å². The van der Waals surface area contributed by atoms with Crippen molar-refractivity contribution in [3.8, 4) is 11.5 Å². The lowest BCUT2D eigenvalue weighted by Crippen LogP contribution is -2.14. The van der Waals surface area contributed by atoms with Crippen LogP contribution in [0.2, 0.25) is 5.02 Å². The molecule has 9 nitrogen and oxygen atoms in total. The number of ether oxygens (including phenoxy) is 2. The molecule has 0 saturated carbocycles. The number of hydrogen-bond donors (Lipinski definition) is 1. The maximum atomic E-state index is 12.8. The van der Waals surface area contributed by atoms with Gasteiger partial charge in [-0.25, -0.2) is 4.79 Å². The van der Waals surface area contributed by atoms with E-state index in [2.05, 4.69) is 9.99 Å². The highest BCUT2D eigenvalue weighted by Gasteiger charge is 2.31. The van der Waals surface area contributed by atoms with Crippen molar-refractivity contribution in [2.75, 3.05) is 20.3 Å². The number of nitro benzene ring substituents is 1. The van der Waals surface area contributed by atoms with Gasteiger partial charge in [-0.3, -0.25) is 10.1 Å². The molecule has 1 N–H and O–H groups in total. The molecule has 13 heteroatoms. The SMILES string of the molecule is COCC(=NOCC(=O)O)c1cc(Oc2ccc(C(F)(F)F)cc2Cl)ccc1[N+](=O)[O-]. The molecular weight excluding hydrogens is 449 g/mol. The Bertz CT molecular complexity index is 1010. The minimum atomic E-state index is -4.59. The fraction of sp³-hybridized carbons (Fsp3) is 0.222. The van der Waals surface area contributed by atoms with E-state index in [1.165, 1.54) is 19.2 Å². The summed E-state index contributed by atoms with van der Waals surface area (Å²) in [5.74, 6) is -1.45. The van der Waals surface area contributed by atoms with Gasteiger partial charge in [-0.1, -0.05) is 16.8 Å². The van der Waals surface area contributed by atoms with Gasteiger partial charge in [0, 0.05) is 13.2 Å². The second-order valence-electron chi connectivity index (χ2n) is 5.82. The smallest absolute Gasteiger partial charge is 0.416 e. The summed E-state index contributed by atoms with van der Waals surface area (Å²) >= 11 is 5.86. The first-order valence-electron chi connectivity index (χ1n) is 8.26. The molecule has 0 spiro atoms. The summed E-state index contributed by atoms with van der Waals surface area (Å²) in [5.41, 5.74) is -1.61. The molecule has 0 saturated heterocycles. The highest BCUT2D eigenvalue weighted by molar-refractivity contribution is 6.32. The predicted octanol–water partition coefficient (Wildman–Crippen LogP) is 4.51. The summed E-state index contributed by atoms with van der Waals surface area (Å²) < 4.78 is 48.7. The Morgan fingerprint density at radius 1 is 1.23 bits per heavy atom. The van der Waals surface area contributed by atoms with Crippen LogP contribution in [0.25, 0.3) is 0 Å². The summed E-state index contributed by atoms with van der Waals surface area (Å²) in [4.78, 5) is 25.9. The van der Waals surface area contributed by atoms with Crippen LogP contribution in [0.15, 0.2) is 41.6 Å². The van der Waals surface area contributed by atoms with Crippen LogP contribution in [0.3, 0.4) is 0 Å². The van der Waals surface area contributed by atoms with Crippen molar-refractivity contribution in [2.45, 2.75) is 6.18 Å². The van der Waals surface area contributed by atoms with Gasteiger partial charge in [-0.2, -0.15) is 13.2 Å². The monoisotopic (exact) mass is 462 g/mol. The maximum Gasteiger partial charge on any atom is 0.416 e. The van der Waals surface area contributed by atoms with Crippen molar-refractivity contribution in [1.29, 1.82) is 0 Å². The van der Waals surface area contributed by atoms with Crippen molar-refractivity contribution in [3.05, 3.63) is 62.7 Å². The van der Waals surface area contributed by atoms with E-state index in [0.717, 1.165) is 18.2 Å². The normalized spacial score (nSPS) is 11.8. The first-order chi connectivity index (χ1) is 14.5. The Labute approximate surface area is 177 Å². The zero-order valence-corrected chi connectivity index (χ0v) is 16.4. The number of hydrogen-bond acceptors (Lipinski definition) is 7. The van der Waals surface area contributed by atoms with Crippen LogP contribution in [-0.4, -0.2) is 42.0 Å². The third kappa shape index (κ3) is 6.55. The van der Waals surface area contributed by atoms with Crippen LogP contribution >= 0.6 is 11.6 Å². The molecule has 0 aromatic heterocycles. The van der Waals surface area contributed by atoms with E-state index in [4.69, 9.17) is 26.2 Å². The number of halogens is 4. The largest absolute Gasteiger partial charge is 0.479 e. The lowest BCUT2D eigenvalue weighted by atomic mass is 10.1. The molecular formula is C18H14ClF3N2O7. The number of carboxylic acid groups (broad SMARTS) is 1. The number of carbonyl (C=O) groups is 1. The lowest BCUT2D eigenvalue weighted by Gasteiger charge is -2.12. The zero-order valence-electron chi connectivity index (χ0n) is 15.7. The fourth-order valence-corrected chi connectivity index (χ4v) is 2.53. The summed E-state index contributed by atoms with van der Waals surface area (Å²) in [6, 6.07) is 5.91. The predicted molar refractivity (Wildman–Crippen MR) is 102 cm³/mol. The van der Waals surface area contributed by atoms with Gasteiger partial charge in [0.1, 0.15) is 17.2 Å². The quantitative estimate of drug-likeness (QED) is 0.330. The Hall–Kier alpha value is -3.38. The number of alkyl halides is 3. The molecule has 2 rings (SSSR count). The third-order valence-corrected chi connectivity index (χ3v) is 3.90. The maximum absolute atomic E-state index is 12.8. The Morgan fingerprint density at radius 3 is 2.48 bits per heavy atom. The third-order valence-electron chi connectivity index (χ3n) is 3.61. The van der Waals surface area contributed by atoms with Crippen molar-refractivity contribution >= 4 is 29.0 Å². The van der Waals surface area contributed by atoms with Crippen molar-refractivity contribution < 1.29 is 42.3 Å². The van der Waals surface area contributed by atoms with Gasteiger partial charge in [0.2, 0.25) is 6.61 Å². The number of methoxy groups -OCH3 is 1. The highest BCUT2D eigenvalue weighted by atomic mass is 35.5. The average Bonchev–Trinajstić information content (AvgIpc) is 2.67. The second-order valence-corrected chi connectivity index (χ2v) is 6.23. The number of oxime groups is 1. The molecule has 0 radical (unpaired) electrons. The summed E-state index contributed by atoms with van der Waals surface area (Å²) in [6.07, 6.45) is -4.59. The molecule has 0 bridgehead atoms. The van der Waals surface area contributed by atoms with Crippen molar-refractivity contribution in [2.24, 2.45) is 5.16 Å². The van der Waals surface area contributed by atoms with E-state index in [1.54, 1.807) is 0 Å². The van der Waals surface area contributed by atoms with Gasteiger partial charge in [0.25, 0.3) is 5.69 Å². The molecule has 0 aliphatic carbocycles. The number of rotatable bonds is 9. The van der Waals surface area contributed by atoms with Crippen LogP contribution in [0.5, 0.6) is 11.5 Å². The molecule has 31 heavy (non-hydrogen) atoms. The Morgan fingerprint density at radius 2 is 1.94 bits per heavy atom. The first-order valence-corrected chi connectivity index (χ1v) is 8.63. The topological polar surface area (TPSA) is 120 Å². The molecule has 0 amide bonds. The lowest BCUT2D eigenvalue weighted by molar-refractivity contribution is -0.385. The molecule has 0 fully saturated rings. The van der Waals surface area contributed by atoms with Crippen LogP contribution < -0.4 is 4.74 Å². The van der Waals surface area contributed by atoms with Crippen LogP contribution in [-0.2, 0) is 20.5 Å². The molecule has 0 heterocycles. The van der Waals surface area contributed by atoms with E-state index in [0.29, 0.717) is 6.07 Å². The molecule has 2 aromatic rings. The molecule has 0 atom stereocenters. The van der Waals surface area contributed by atoms with E-state index in [9.17, 15) is 28.1 Å². The van der Waals surface area contributed by atoms with Crippen LogP contribution in [0.4, 0.5) is 18.9 Å². The molecule has 2 aromatic carbocycles.